The van der Waals surface area contributed by atoms with Gasteiger partial charge in [0, 0.05) is 10.6 Å². The molecule has 0 heterocycles. The van der Waals surface area contributed by atoms with Gasteiger partial charge in [0.15, 0.2) is 0 Å². The van der Waals surface area contributed by atoms with E-state index in [0.717, 1.165) is 0 Å². The van der Waals surface area contributed by atoms with E-state index >= 15 is 0 Å². The van der Waals surface area contributed by atoms with Gasteiger partial charge in [-0.2, -0.15) is 0 Å². The molecule has 0 spiro atoms. The summed E-state index contributed by atoms with van der Waals surface area (Å²) >= 11 is 11.6. The molecule has 0 amide bonds. The molecule has 1 rings (SSSR count). The molecule has 2 N–H and O–H groups in total. The predicted molar refractivity (Wildman–Crippen MR) is 60.2 cm³/mol. The Labute approximate surface area is 102 Å². The fourth-order valence-electron chi connectivity index (χ4n) is 1.32. The van der Waals surface area contributed by atoms with Crippen LogP contribution in [0.5, 0.6) is 5.75 Å². The molecule has 0 aromatic heterocycles. The average molecular weight is 265 g/mol. The number of benzene rings is 1. The summed E-state index contributed by atoms with van der Waals surface area (Å²) in [6, 6.07) is 2.89. The Morgan fingerprint density at radius 3 is 2.62 bits per heavy atom. The molecule has 1 unspecified atom stereocenters. The Hall–Kier alpha value is -0.970. The lowest BCUT2D eigenvalue weighted by Crippen LogP contribution is -2.07. The van der Waals surface area contributed by atoms with Gasteiger partial charge in [0.1, 0.15) is 5.75 Å². The van der Waals surface area contributed by atoms with E-state index < -0.39 is 18.5 Å². The minimum atomic E-state index is -1.20. The van der Waals surface area contributed by atoms with Crippen LogP contribution in [0.15, 0.2) is 12.1 Å². The van der Waals surface area contributed by atoms with Gasteiger partial charge in [-0.25, -0.2) is 0 Å². The van der Waals surface area contributed by atoms with Crippen molar-refractivity contribution < 1.29 is 19.7 Å². The Bertz CT molecular complexity index is 406. The summed E-state index contributed by atoms with van der Waals surface area (Å²) in [5.41, 5.74) is 0.266. The lowest BCUT2D eigenvalue weighted by atomic mass is 10.1. The number of ether oxygens (including phenoxy) is 1. The standard InChI is InChI=1S/C10H10Cl2O4/c1-16-10-6(8(13)4-9(14)15)2-5(11)3-7(10)12/h2-3,8,13H,4H2,1H3,(H,14,15). The van der Waals surface area contributed by atoms with E-state index in [4.69, 9.17) is 33.0 Å². The molecule has 0 saturated carbocycles. The van der Waals surface area contributed by atoms with Crippen molar-refractivity contribution in [3.63, 3.8) is 0 Å². The van der Waals surface area contributed by atoms with Crippen LogP contribution in [0.4, 0.5) is 0 Å². The summed E-state index contributed by atoms with van der Waals surface area (Å²) in [6.45, 7) is 0. The first kappa shape index (κ1) is 13.1. The molecule has 4 nitrogen and oxygen atoms in total. The highest BCUT2D eigenvalue weighted by atomic mass is 35.5. The number of aliphatic hydroxyl groups is 1. The summed E-state index contributed by atoms with van der Waals surface area (Å²) in [5.74, 6) is -0.884. The number of carboxylic acids is 1. The molecule has 0 bridgehead atoms. The van der Waals surface area contributed by atoms with Crippen LogP contribution in [0.1, 0.15) is 18.1 Å². The molecule has 16 heavy (non-hydrogen) atoms. The predicted octanol–water partition coefficient (Wildman–Crippen LogP) is 2.51. The SMILES string of the molecule is COc1c(Cl)cc(Cl)cc1C(O)CC(=O)O. The zero-order valence-corrected chi connectivity index (χ0v) is 9.92. The second kappa shape index (κ2) is 5.39. The third kappa shape index (κ3) is 3.01. The maximum Gasteiger partial charge on any atom is 0.306 e. The second-order valence-electron chi connectivity index (χ2n) is 3.12. The molecule has 0 fully saturated rings. The minimum Gasteiger partial charge on any atom is -0.495 e. The van der Waals surface area contributed by atoms with Crippen LogP contribution in [0.2, 0.25) is 10.0 Å². The molecule has 6 heteroatoms. The quantitative estimate of drug-likeness (QED) is 0.877. The average Bonchev–Trinajstić information content (AvgIpc) is 2.15. The highest BCUT2D eigenvalue weighted by Crippen LogP contribution is 2.36. The van der Waals surface area contributed by atoms with Crippen LogP contribution in [0, 0.1) is 0 Å². The van der Waals surface area contributed by atoms with E-state index in [1.165, 1.54) is 19.2 Å². The molecule has 1 aromatic carbocycles. The first-order chi connectivity index (χ1) is 7.45. The summed E-state index contributed by atoms with van der Waals surface area (Å²) in [6.07, 6.45) is -1.64. The van der Waals surface area contributed by atoms with Gasteiger partial charge in [0.2, 0.25) is 0 Å². The van der Waals surface area contributed by atoms with Gasteiger partial charge in [0.05, 0.1) is 24.7 Å². The number of hydrogen-bond acceptors (Lipinski definition) is 3. The maximum absolute atomic E-state index is 10.5. The zero-order valence-electron chi connectivity index (χ0n) is 8.41. The van der Waals surface area contributed by atoms with E-state index in [-0.39, 0.29) is 16.3 Å². The van der Waals surface area contributed by atoms with Crippen LogP contribution in [0.3, 0.4) is 0 Å². The lowest BCUT2D eigenvalue weighted by molar-refractivity contribution is -0.139. The highest BCUT2D eigenvalue weighted by Gasteiger charge is 2.19. The largest absolute Gasteiger partial charge is 0.495 e. The monoisotopic (exact) mass is 264 g/mol. The number of hydrogen-bond donors (Lipinski definition) is 2. The molecule has 1 atom stereocenters. The van der Waals surface area contributed by atoms with Crippen LogP contribution in [-0.2, 0) is 4.79 Å². The van der Waals surface area contributed by atoms with E-state index in [1.54, 1.807) is 0 Å². The van der Waals surface area contributed by atoms with Gasteiger partial charge in [-0.15, -0.1) is 0 Å². The number of aliphatic hydroxyl groups excluding tert-OH is 1. The van der Waals surface area contributed by atoms with E-state index in [9.17, 15) is 9.90 Å². The van der Waals surface area contributed by atoms with Gasteiger partial charge < -0.3 is 14.9 Å². The molecule has 0 saturated heterocycles. The number of methoxy groups -OCH3 is 1. The van der Waals surface area contributed by atoms with Gasteiger partial charge in [-0.05, 0) is 12.1 Å². The van der Waals surface area contributed by atoms with Gasteiger partial charge in [-0.3, -0.25) is 4.79 Å². The van der Waals surface area contributed by atoms with Gasteiger partial charge >= 0.3 is 5.97 Å². The van der Waals surface area contributed by atoms with Crippen molar-refractivity contribution in [2.75, 3.05) is 7.11 Å². The van der Waals surface area contributed by atoms with E-state index in [0.29, 0.717) is 5.02 Å². The number of carbonyl (C=O) groups is 1. The molecule has 88 valence electrons. The van der Waals surface area contributed by atoms with Crippen molar-refractivity contribution in [3.8, 4) is 5.75 Å². The second-order valence-corrected chi connectivity index (χ2v) is 3.97. The normalized spacial score (nSPS) is 12.2. The Balaban J connectivity index is 3.15. The van der Waals surface area contributed by atoms with Crippen molar-refractivity contribution in [1.29, 1.82) is 0 Å². The Morgan fingerprint density at radius 1 is 1.50 bits per heavy atom. The van der Waals surface area contributed by atoms with Crippen molar-refractivity contribution in [3.05, 3.63) is 27.7 Å². The Morgan fingerprint density at radius 2 is 2.12 bits per heavy atom. The molecular formula is C10H10Cl2O4. The molecule has 0 radical (unpaired) electrons. The number of rotatable bonds is 4. The first-order valence-electron chi connectivity index (χ1n) is 4.38. The molecule has 0 aliphatic carbocycles. The lowest BCUT2D eigenvalue weighted by Gasteiger charge is -2.14. The minimum absolute atomic E-state index is 0.231. The number of halogens is 2. The third-order valence-electron chi connectivity index (χ3n) is 1.97. The smallest absolute Gasteiger partial charge is 0.306 e. The van der Waals surface area contributed by atoms with E-state index in [1.807, 2.05) is 0 Å². The maximum atomic E-state index is 10.5. The van der Waals surface area contributed by atoms with E-state index in [2.05, 4.69) is 0 Å². The number of aliphatic carboxylic acids is 1. The Kier molecular flexibility index (Phi) is 4.41. The summed E-state index contributed by atoms with van der Waals surface area (Å²) in [7, 11) is 1.38. The molecule has 0 aliphatic heterocycles. The fraction of sp³-hybridized carbons (Fsp3) is 0.300. The van der Waals surface area contributed by atoms with Gasteiger partial charge in [-0.1, -0.05) is 23.2 Å². The van der Waals surface area contributed by atoms with Crippen LogP contribution in [-0.4, -0.2) is 23.3 Å². The summed E-state index contributed by atoms with van der Waals surface area (Å²) < 4.78 is 4.99. The first-order valence-corrected chi connectivity index (χ1v) is 5.14. The van der Waals surface area contributed by atoms with Crippen LogP contribution in [0.25, 0.3) is 0 Å². The fourth-order valence-corrected chi connectivity index (χ4v) is 1.90. The van der Waals surface area contributed by atoms with Gasteiger partial charge in [0.25, 0.3) is 0 Å². The summed E-state index contributed by atoms with van der Waals surface area (Å²) in [4.78, 5) is 10.5. The van der Waals surface area contributed by atoms with Crippen LogP contribution >= 0.6 is 23.2 Å². The molecule has 1 aromatic rings. The molecule has 0 aliphatic rings. The molecular weight excluding hydrogens is 255 g/mol. The topological polar surface area (TPSA) is 66.8 Å². The van der Waals surface area contributed by atoms with Crippen molar-refractivity contribution in [1.82, 2.24) is 0 Å². The third-order valence-corrected chi connectivity index (χ3v) is 2.47. The van der Waals surface area contributed by atoms with Crippen LogP contribution < -0.4 is 4.74 Å². The van der Waals surface area contributed by atoms with Crippen molar-refractivity contribution in [2.45, 2.75) is 12.5 Å². The highest BCUT2D eigenvalue weighted by molar-refractivity contribution is 6.35. The van der Waals surface area contributed by atoms with Crippen molar-refractivity contribution in [2.24, 2.45) is 0 Å². The van der Waals surface area contributed by atoms with Crippen molar-refractivity contribution >= 4 is 29.2 Å². The number of carboxylic acid groups (broad SMARTS) is 1. The zero-order chi connectivity index (χ0) is 12.3. The summed E-state index contributed by atoms with van der Waals surface area (Å²) in [5, 5.41) is 18.8.